The fourth-order valence-corrected chi connectivity index (χ4v) is 5.93. The van der Waals surface area contributed by atoms with Crippen molar-refractivity contribution in [1.82, 2.24) is 5.32 Å². The number of rotatable bonds is 14. The van der Waals surface area contributed by atoms with E-state index in [9.17, 15) is 23.1 Å². The molecule has 220 valence electrons. The first-order valence-corrected chi connectivity index (χ1v) is 14.9. The van der Waals surface area contributed by atoms with Gasteiger partial charge in [0.2, 0.25) is 5.90 Å². The standard InChI is InChI=1S/C29H30FN5O6S/c30-16-17-32-28(37)29(15-20-42(38,39)23-7-2-1-3-8-23)26(24-9-4-5-10-25(24)34-35-31)41-27(33-29)21-11-13-22(14-12-21)40-19-6-18-36/h1-5,7-14,26,36H,6,15-20H2,(H,32,37)/t26-,29-/m1/s1. The van der Waals surface area contributed by atoms with Crippen LogP contribution in [0.25, 0.3) is 10.4 Å². The largest absolute Gasteiger partial charge is 0.494 e. The first-order valence-electron chi connectivity index (χ1n) is 13.2. The lowest BCUT2D eigenvalue weighted by Crippen LogP contribution is -2.49. The molecular formula is C29H30FN5O6S. The Morgan fingerprint density at radius 2 is 1.83 bits per heavy atom. The number of hydrogen-bond donors (Lipinski definition) is 2. The molecular weight excluding hydrogens is 565 g/mol. The number of aliphatic imine (C=N–C) groups is 1. The number of halogens is 1. The van der Waals surface area contributed by atoms with Gasteiger partial charge in [0.1, 0.15) is 12.4 Å². The number of aliphatic hydroxyl groups is 1. The molecule has 0 saturated heterocycles. The SMILES string of the molecule is [N-]=[N+]=Nc1ccccc1[C@H]1OC(c2ccc(OCCCO)cc2)=N[C@@]1(CCS(=O)(=O)c1ccccc1)C(=O)NCCF. The number of nitrogens with one attached hydrogen (secondary N) is 1. The van der Waals surface area contributed by atoms with Crippen LogP contribution < -0.4 is 10.1 Å². The Morgan fingerprint density at radius 3 is 2.52 bits per heavy atom. The molecule has 2 N–H and O–H groups in total. The number of nitrogens with zero attached hydrogens (tertiary/aromatic N) is 4. The van der Waals surface area contributed by atoms with Crippen molar-refractivity contribution < 1.29 is 32.2 Å². The van der Waals surface area contributed by atoms with Gasteiger partial charge in [-0.1, -0.05) is 47.6 Å². The number of aliphatic hydroxyl groups excluding tert-OH is 1. The van der Waals surface area contributed by atoms with Gasteiger partial charge in [-0.15, -0.1) is 0 Å². The summed E-state index contributed by atoms with van der Waals surface area (Å²) >= 11 is 0. The van der Waals surface area contributed by atoms with Gasteiger partial charge in [-0.2, -0.15) is 0 Å². The number of carbonyl (C=O) groups is 1. The fourth-order valence-electron chi connectivity index (χ4n) is 4.55. The molecule has 0 spiro atoms. The van der Waals surface area contributed by atoms with Crippen molar-refractivity contribution in [3.63, 3.8) is 0 Å². The fraction of sp³-hybridized carbons (Fsp3) is 0.310. The highest BCUT2D eigenvalue weighted by atomic mass is 32.2. The molecule has 3 aromatic rings. The molecule has 1 heterocycles. The number of sulfone groups is 1. The monoisotopic (exact) mass is 595 g/mol. The minimum absolute atomic E-state index is 0.00597. The van der Waals surface area contributed by atoms with Crippen LogP contribution in [0.4, 0.5) is 10.1 Å². The van der Waals surface area contributed by atoms with Gasteiger partial charge >= 0.3 is 0 Å². The van der Waals surface area contributed by atoms with E-state index in [0.717, 1.165) is 0 Å². The molecule has 4 rings (SSSR count). The molecule has 13 heteroatoms. The second kappa shape index (κ2) is 13.9. The zero-order valence-corrected chi connectivity index (χ0v) is 23.4. The molecule has 1 aliphatic heterocycles. The molecule has 0 fully saturated rings. The number of azide groups is 1. The number of carbonyl (C=O) groups excluding carboxylic acids is 1. The summed E-state index contributed by atoms with van der Waals surface area (Å²) in [5.41, 5.74) is 8.27. The summed E-state index contributed by atoms with van der Waals surface area (Å²) in [6.07, 6.45) is -1.06. The van der Waals surface area contributed by atoms with Crippen molar-refractivity contribution in [2.45, 2.75) is 29.4 Å². The summed E-state index contributed by atoms with van der Waals surface area (Å²) in [5.74, 6) is -0.622. The van der Waals surface area contributed by atoms with Crippen LogP contribution in [0.15, 0.2) is 93.9 Å². The molecule has 42 heavy (non-hydrogen) atoms. The molecule has 2 atom stereocenters. The summed E-state index contributed by atoms with van der Waals surface area (Å²) in [6.45, 7) is -0.853. The highest BCUT2D eigenvalue weighted by Gasteiger charge is 2.54. The van der Waals surface area contributed by atoms with Crippen LogP contribution in [0, 0.1) is 0 Å². The summed E-state index contributed by atoms with van der Waals surface area (Å²) in [6, 6.07) is 20.9. The first-order chi connectivity index (χ1) is 20.3. The minimum atomic E-state index is -3.86. The maximum atomic E-state index is 13.8. The number of amides is 1. The molecule has 0 unspecified atom stereocenters. The summed E-state index contributed by atoms with van der Waals surface area (Å²) < 4.78 is 51.7. The highest BCUT2D eigenvalue weighted by Crippen LogP contribution is 2.45. The quantitative estimate of drug-likeness (QED) is 0.120. The molecule has 1 aliphatic rings. The van der Waals surface area contributed by atoms with E-state index in [4.69, 9.17) is 19.6 Å². The third kappa shape index (κ3) is 6.88. The van der Waals surface area contributed by atoms with Crippen molar-refractivity contribution >= 4 is 27.3 Å². The average Bonchev–Trinajstić information content (AvgIpc) is 3.41. The van der Waals surface area contributed by atoms with Crippen molar-refractivity contribution in [1.29, 1.82) is 0 Å². The van der Waals surface area contributed by atoms with Crippen LogP contribution in [-0.4, -0.2) is 63.1 Å². The predicted molar refractivity (Wildman–Crippen MR) is 154 cm³/mol. The Morgan fingerprint density at radius 1 is 1.12 bits per heavy atom. The van der Waals surface area contributed by atoms with E-state index in [0.29, 0.717) is 29.9 Å². The highest BCUT2D eigenvalue weighted by molar-refractivity contribution is 7.91. The number of ether oxygens (including phenoxy) is 2. The van der Waals surface area contributed by atoms with Crippen molar-refractivity contribution in [2.75, 3.05) is 32.2 Å². The van der Waals surface area contributed by atoms with Gasteiger partial charge in [-0.25, -0.2) is 17.8 Å². The van der Waals surface area contributed by atoms with Gasteiger partial charge in [0, 0.05) is 47.7 Å². The first kappa shape index (κ1) is 30.5. The number of alkyl halides is 1. The predicted octanol–water partition coefficient (Wildman–Crippen LogP) is 4.60. The van der Waals surface area contributed by atoms with E-state index in [1.54, 1.807) is 66.7 Å². The zero-order valence-electron chi connectivity index (χ0n) is 22.6. The third-order valence-corrected chi connectivity index (χ3v) is 8.37. The maximum Gasteiger partial charge on any atom is 0.252 e. The van der Waals surface area contributed by atoms with Gasteiger partial charge in [0.05, 0.1) is 17.3 Å². The van der Waals surface area contributed by atoms with Crippen molar-refractivity contribution in [2.24, 2.45) is 10.1 Å². The molecule has 0 aromatic heterocycles. The number of benzene rings is 3. The van der Waals surface area contributed by atoms with E-state index >= 15 is 0 Å². The van der Waals surface area contributed by atoms with Crippen LogP contribution in [-0.2, 0) is 19.4 Å². The van der Waals surface area contributed by atoms with Crippen LogP contribution in [0.2, 0.25) is 0 Å². The third-order valence-electron chi connectivity index (χ3n) is 6.64. The summed E-state index contributed by atoms with van der Waals surface area (Å²) in [7, 11) is -3.86. The molecule has 1 amide bonds. The van der Waals surface area contributed by atoms with Crippen LogP contribution in [0.1, 0.15) is 30.1 Å². The average molecular weight is 596 g/mol. The van der Waals surface area contributed by atoms with Crippen LogP contribution >= 0.6 is 0 Å². The van der Waals surface area contributed by atoms with Crippen molar-refractivity contribution in [3.05, 3.63) is 100 Å². The molecule has 11 nitrogen and oxygen atoms in total. The van der Waals surface area contributed by atoms with E-state index in [1.165, 1.54) is 12.1 Å². The zero-order chi connectivity index (χ0) is 30.0. The van der Waals surface area contributed by atoms with Crippen LogP contribution in [0.3, 0.4) is 0 Å². The smallest absolute Gasteiger partial charge is 0.252 e. The lowest BCUT2D eigenvalue weighted by atomic mass is 9.84. The normalized spacial score (nSPS) is 18.0. The molecule has 0 radical (unpaired) electrons. The lowest BCUT2D eigenvalue weighted by molar-refractivity contribution is -0.129. The Labute approximate surface area is 242 Å². The molecule has 0 bridgehead atoms. The van der Waals surface area contributed by atoms with E-state index < -0.39 is 39.8 Å². The lowest BCUT2D eigenvalue weighted by Gasteiger charge is -2.31. The van der Waals surface area contributed by atoms with E-state index in [1.807, 2.05) is 0 Å². The minimum Gasteiger partial charge on any atom is -0.494 e. The second-order valence-electron chi connectivity index (χ2n) is 9.36. The van der Waals surface area contributed by atoms with Crippen LogP contribution in [0.5, 0.6) is 5.75 Å². The number of hydrogen-bond acceptors (Lipinski definition) is 8. The second-order valence-corrected chi connectivity index (χ2v) is 11.5. The van der Waals surface area contributed by atoms with Gasteiger partial charge in [-0.05, 0) is 41.9 Å². The Balaban J connectivity index is 1.80. The van der Waals surface area contributed by atoms with Gasteiger partial charge in [0.15, 0.2) is 21.5 Å². The topological polar surface area (TPSA) is 163 Å². The molecule has 3 aromatic carbocycles. The summed E-state index contributed by atoms with van der Waals surface area (Å²) in [5, 5.41) is 15.2. The van der Waals surface area contributed by atoms with E-state index in [2.05, 4.69) is 15.3 Å². The van der Waals surface area contributed by atoms with E-state index in [-0.39, 0.29) is 36.1 Å². The summed E-state index contributed by atoms with van der Waals surface area (Å²) in [4.78, 5) is 21.5. The Kier molecular flexibility index (Phi) is 10.1. The van der Waals surface area contributed by atoms with Gasteiger partial charge < -0.3 is 19.9 Å². The Bertz CT molecular complexity index is 1560. The maximum absolute atomic E-state index is 13.8. The molecule has 0 saturated carbocycles. The van der Waals surface area contributed by atoms with Crippen molar-refractivity contribution in [3.8, 4) is 5.75 Å². The molecule has 0 aliphatic carbocycles. The Hall–Kier alpha value is -4.45. The van der Waals surface area contributed by atoms with Gasteiger partial charge in [-0.3, -0.25) is 4.79 Å². The van der Waals surface area contributed by atoms with Gasteiger partial charge in [0.25, 0.3) is 5.91 Å².